The molecule has 2 amide bonds. The topological polar surface area (TPSA) is 58.6 Å². The van der Waals surface area contributed by atoms with E-state index in [9.17, 15) is 9.59 Å². The summed E-state index contributed by atoms with van der Waals surface area (Å²) in [4.78, 5) is 29.1. The maximum absolute atomic E-state index is 13.3. The summed E-state index contributed by atoms with van der Waals surface area (Å²) in [6.45, 7) is 3.70. The summed E-state index contributed by atoms with van der Waals surface area (Å²) in [5.74, 6) is 0.163. The maximum atomic E-state index is 13.3. The van der Waals surface area contributed by atoms with Gasteiger partial charge in [-0.05, 0) is 48.1 Å². The molecule has 1 aliphatic rings. The average Bonchev–Trinajstić information content (AvgIpc) is 3.26. The molecule has 0 aliphatic carbocycles. The number of hydrogen-bond acceptors (Lipinski definition) is 4. The lowest BCUT2D eigenvalue weighted by Crippen LogP contribution is -2.37. The van der Waals surface area contributed by atoms with Crippen molar-refractivity contribution < 1.29 is 14.3 Å². The SMILES string of the molecule is CCOc1ccccc1C(=O)N1CCNC(=O)C(Cc2ccccc2-c2cccs2)C1. The molecule has 1 atom stereocenters. The number of carbonyl (C=O) groups is 2. The Morgan fingerprint density at radius 2 is 1.94 bits per heavy atom. The van der Waals surface area contributed by atoms with Crippen molar-refractivity contribution in [1.82, 2.24) is 10.2 Å². The van der Waals surface area contributed by atoms with Gasteiger partial charge in [-0.3, -0.25) is 9.59 Å². The van der Waals surface area contributed by atoms with Crippen LogP contribution in [-0.2, 0) is 11.2 Å². The van der Waals surface area contributed by atoms with Crippen molar-refractivity contribution in [2.45, 2.75) is 13.3 Å². The van der Waals surface area contributed by atoms with Crippen LogP contribution >= 0.6 is 11.3 Å². The molecule has 6 heteroatoms. The molecule has 2 aromatic carbocycles. The van der Waals surface area contributed by atoms with E-state index in [0.29, 0.717) is 44.0 Å². The Labute approximate surface area is 186 Å². The highest BCUT2D eigenvalue weighted by Gasteiger charge is 2.30. The van der Waals surface area contributed by atoms with Crippen LogP contribution in [0.4, 0.5) is 0 Å². The number of rotatable bonds is 6. The summed E-state index contributed by atoms with van der Waals surface area (Å²) < 4.78 is 5.65. The van der Waals surface area contributed by atoms with Crippen LogP contribution in [-0.4, -0.2) is 43.0 Å². The molecule has 4 rings (SSSR count). The lowest BCUT2D eigenvalue weighted by Gasteiger charge is -2.24. The molecule has 3 aromatic rings. The Morgan fingerprint density at radius 1 is 1.13 bits per heavy atom. The predicted molar refractivity (Wildman–Crippen MR) is 123 cm³/mol. The number of nitrogens with one attached hydrogen (secondary N) is 1. The van der Waals surface area contributed by atoms with Gasteiger partial charge in [0.2, 0.25) is 5.91 Å². The van der Waals surface area contributed by atoms with Crippen LogP contribution in [0.2, 0.25) is 0 Å². The van der Waals surface area contributed by atoms with Crippen LogP contribution in [0.3, 0.4) is 0 Å². The highest BCUT2D eigenvalue weighted by molar-refractivity contribution is 7.13. The van der Waals surface area contributed by atoms with Crippen molar-refractivity contribution in [3.05, 3.63) is 77.2 Å². The van der Waals surface area contributed by atoms with E-state index in [0.717, 1.165) is 11.1 Å². The Balaban J connectivity index is 1.57. The molecule has 1 aliphatic heterocycles. The first-order valence-corrected chi connectivity index (χ1v) is 11.5. The Hall–Kier alpha value is -3.12. The molecular formula is C25H26N2O3S. The number of carbonyl (C=O) groups excluding carboxylic acids is 2. The third-order valence-corrected chi connectivity index (χ3v) is 6.37. The molecule has 1 fully saturated rings. The van der Waals surface area contributed by atoms with Gasteiger partial charge in [0.05, 0.1) is 18.1 Å². The molecule has 160 valence electrons. The second-order valence-corrected chi connectivity index (χ2v) is 8.45. The summed E-state index contributed by atoms with van der Waals surface area (Å²) in [5.41, 5.74) is 2.81. The van der Waals surface area contributed by atoms with Crippen molar-refractivity contribution in [1.29, 1.82) is 0 Å². The predicted octanol–water partition coefficient (Wildman–Crippen LogP) is 4.24. The number of benzene rings is 2. The summed E-state index contributed by atoms with van der Waals surface area (Å²) in [5, 5.41) is 5.04. The molecule has 2 heterocycles. The van der Waals surface area contributed by atoms with Crippen molar-refractivity contribution in [2.24, 2.45) is 5.92 Å². The zero-order valence-electron chi connectivity index (χ0n) is 17.5. The Bertz CT molecular complexity index is 1050. The minimum atomic E-state index is -0.313. The molecule has 0 radical (unpaired) electrons. The number of ether oxygens (including phenoxy) is 1. The van der Waals surface area contributed by atoms with E-state index in [1.165, 1.54) is 4.88 Å². The van der Waals surface area contributed by atoms with Gasteiger partial charge >= 0.3 is 0 Å². The van der Waals surface area contributed by atoms with E-state index >= 15 is 0 Å². The first-order chi connectivity index (χ1) is 15.2. The first kappa shape index (κ1) is 21.1. The van der Waals surface area contributed by atoms with E-state index in [4.69, 9.17) is 4.74 Å². The van der Waals surface area contributed by atoms with E-state index < -0.39 is 0 Å². The largest absolute Gasteiger partial charge is 0.493 e. The summed E-state index contributed by atoms with van der Waals surface area (Å²) >= 11 is 1.69. The molecule has 5 nitrogen and oxygen atoms in total. The van der Waals surface area contributed by atoms with Crippen LogP contribution in [0.15, 0.2) is 66.0 Å². The second-order valence-electron chi connectivity index (χ2n) is 7.51. The van der Waals surface area contributed by atoms with Crippen LogP contribution < -0.4 is 10.1 Å². The smallest absolute Gasteiger partial charge is 0.257 e. The highest BCUT2D eigenvalue weighted by Crippen LogP contribution is 2.30. The lowest BCUT2D eigenvalue weighted by atomic mass is 9.94. The van der Waals surface area contributed by atoms with E-state index in [-0.39, 0.29) is 17.7 Å². The van der Waals surface area contributed by atoms with Gasteiger partial charge in [-0.1, -0.05) is 42.5 Å². The molecule has 0 saturated carbocycles. The fourth-order valence-corrected chi connectivity index (χ4v) is 4.76. The zero-order valence-corrected chi connectivity index (χ0v) is 18.4. The lowest BCUT2D eigenvalue weighted by molar-refractivity contribution is -0.124. The second kappa shape index (κ2) is 9.79. The molecule has 1 N–H and O–H groups in total. The standard InChI is InChI=1S/C25H26N2O3S/c1-2-30-22-11-6-5-10-21(22)25(29)27-14-13-26-24(28)19(17-27)16-18-8-3-4-9-20(18)23-12-7-15-31-23/h3-12,15,19H,2,13-14,16-17H2,1H3,(H,26,28). The summed E-state index contributed by atoms with van der Waals surface area (Å²) in [6.07, 6.45) is 0.580. The normalized spacial score (nSPS) is 16.5. The Kier molecular flexibility index (Phi) is 6.67. The first-order valence-electron chi connectivity index (χ1n) is 10.6. The van der Waals surface area contributed by atoms with Crippen molar-refractivity contribution >= 4 is 23.2 Å². The van der Waals surface area contributed by atoms with Crippen LogP contribution in [0.1, 0.15) is 22.8 Å². The van der Waals surface area contributed by atoms with Crippen molar-refractivity contribution in [3.8, 4) is 16.2 Å². The van der Waals surface area contributed by atoms with Crippen molar-refractivity contribution in [3.63, 3.8) is 0 Å². The number of amides is 2. The van der Waals surface area contributed by atoms with Crippen LogP contribution in [0, 0.1) is 5.92 Å². The van der Waals surface area contributed by atoms with Gasteiger partial charge in [0, 0.05) is 24.5 Å². The number of para-hydroxylation sites is 1. The third-order valence-electron chi connectivity index (χ3n) is 5.47. The molecular weight excluding hydrogens is 408 g/mol. The van der Waals surface area contributed by atoms with E-state index in [1.807, 2.05) is 43.3 Å². The van der Waals surface area contributed by atoms with Crippen LogP contribution in [0.5, 0.6) is 5.75 Å². The number of nitrogens with zero attached hydrogens (tertiary/aromatic N) is 1. The van der Waals surface area contributed by atoms with E-state index in [2.05, 4.69) is 28.9 Å². The minimum Gasteiger partial charge on any atom is -0.493 e. The fourth-order valence-electron chi connectivity index (χ4n) is 3.97. The van der Waals surface area contributed by atoms with Gasteiger partial charge in [-0.15, -0.1) is 11.3 Å². The van der Waals surface area contributed by atoms with Gasteiger partial charge in [-0.2, -0.15) is 0 Å². The van der Waals surface area contributed by atoms with Gasteiger partial charge in [0.15, 0.2) is 0 Å². The van der Waals surface area contributed by atoms with Gasteiger partial charge in [0.1, 0.15) is 5.75 Å². The van der Waals surface area contributed by atoms with Crippen LogP contribution in [0.25, 0.3) is 10.4 Å². The molecule has 1 aromatic heterocycles. The van der Waals surface area contributed by atoms with Gasteiger partial charge in [-0.25, -0.2) is 0 Å². The zero-order chi connectivity index (χ0) is 21.6. The summed E-state index contributed by atoms with van der Waals surface area (Å²) in [7, 11) is 0. The summed E-state index contributed by atoms with van der Waals surface area (Å²) in [6, 6.07) is 19.6. The number of thiophene rings is 1. The minimum absolute atomic E-state index is 0.00521. The van der Waals surface area contributed by atoms with Gasteiger partial charge < -0.3 is 15.0 Å². The van der Waals surface area contributed by atoms with E-state index in [1.54, 1.807) is 22.3 Å². The quantitative estimate of drug-likeness (QED) is 0.631. The Morgan fingerprint density at radius 3 is 2.74 bits per heavy atom. The number of hydrogen-bond donors (Lipinski definition) is 1. The maximum Gasteiger partial charge on any atom is 0.257 e. The molecule has 0 bridgehead atoms. The highest BCUT2D eigenvalue weighted by atomic mass is 32.1. The monoisotopic (exact) mass is 434 g/mol. The molecule has 1 saturated heterocycles. The fraction of sp³-hybridized carbons (Fsp3) is 0.280. The molecule has 0 spiro atoms. The van der Waals surface area contributed by atoms with Crippen molar-refractivity contribution in [2.75, 3.05) is 26.2 Å². The third kappa shape index (κ3) is 4.80. The average molecular weight is 435 g/mol. The van der Waals surface area contributed by atoms with Gasteiger partial charge in [0.25, 0.3) is 5.91 Å². The molecule has 1 unspecified atom stereocenters. The molecule has 31 heavy (non-hydrogen) atoms.